The number of ether oxygens (including phenoxy) is 1. The minimum absolute atomic E-state index is 0.217. The van der Waals surface area contributed by atoms with Crippen LogP contribution in [0, 0.1) is 5.92 Å². The number of carbonyl (C=O) groups is 1. The van der Waals surface area contributed by atoms with Gasteiger partial charge in [0, 0.05) is 24.9 Å². The van der Waals surface area contributed by atoms with Crippen molar-refractivity contribution in [3.05, 3.63) is 0 Å². The van der Waals surface area contributed by atoms with Crippen molar-refractivity contribution in [2.45, 2.75) is 49.8 Å². The van der Waals surface area contributed by atoms with Crippen molar-refractivity contribution >= 4 is 21.8 Å². The van der Waals surface area contributed by atoms with Crippen molar-refractivity contribution in [1.29, 1.82) is 0 Å². The molecular formula is C13H24BrNO2. The third kappa shape index (κ3) is 7.04. The van der Waals surface area contributed by atoms with E-state index in [0.717, 1.165) is 19.4 Å². The first-order valence-electron chi connectivity index (χ1n) is 6.62. The minimum Gasteiger partial charge on any atom is -0.384 e. The lowest BCUT2D eigenvalue weighted by molar-refractivity contribution is -0.122. The number of hydrogen-bond donors (Lipinski definition) is 1. The van der Waals surface area contributed by atoms with Gasteiger partial charge in [-0.2, -0.15) is 0 Å². The van der Waals surface area contributed by atoms with Crippen LogP contribution in [0.2, 0.25) is 0 Å². The van der Waals surface area contributed by atoms with Gasteiger partial charge in [-0.15, -0.1) is 0 Å². The summed E-state index contributed by atoms with van der Waals surface area (Å²) in [5, 5.41) is 2.99. The molecule has 0 aliphatic heterocycles. The van der Waals surface area contributed by atoms with Crippen molar-refractivity contribution in [2.24, 2.45) is 5.92 Å². The van der Waals surface area contributed by atoms with E-state index in [0.29, 0.717) is 17.4 Å². The van der Waals surface area contributed by atoms with Gasteiger partial charge in [0.15, 0.2) is 0 Å². The van der Waals surface area contributed by atoms with Crippen LogP contribution < -0.4 is 5.32 Å². The van der Waals surface area contributed by atoms with E-state index in [4.69, 9.17) is 4.74 Å². The molecule has 0 aromatic rings. The molecule has 1 saturated carbocycles. The first-order valence-corrected chi connectivity index (χ1v) is 7.53. The summed E-state index contributed by atoms with van der Waals surface area (Å²) in [6.07, 6.45) is 8.06. The molecule has 0 radical (unpaired) electrons. The van der Waals surface area contributed by atoms with Crippen molar-refractivity contribution in [3.8, 4) is 0 Å². The molecular weight excluding hydrogens is 282 g/mol. The van der Waals surface area contributed by atoms with Gasteiger partial charge >= 0.3 is 0 Å². The fraction of sp³-hybridized carbons (Fsp3) is 0.923. The summed E-state index contributed by atoms with van der Waals surface area (Å²) in [4.78, 5) is 12.0. The van der Waals surface area contributed by atoms with Crippen LogP contribution in [0.4, 0.5) is 0 Å². The van der Waals surface area contributed by atoms with Crippen LogP contribution in [-0.2, 0) is 9.53 Å². The molecule has 1 amide bonds. The highest BCUT2D eigenvalue weighted by Crippen LogP contribution is 2.25. The second-order valence-electron chi connectivity index (χ2n) is 4.90. The predicted molar refractivity (Wildman–Crippen MR) is 73.4 cm³/mol. The number of carbonyl (C=O) groups excluding carboxylic acids is 1. The molecule has 0 aromatic heterocycles. The number of methoxy groups -OCH3 is 1. The molecule has 1 N–H and O–H groups in total. The van der Waals surface area contributed by atoms with Crippen molar-refractivity contribution in [2.75, 3.05) is 20.3 Å². The van der Waals surface area contributed by atoms with Gasteiger partial charge in [0.1, 0.15) is 0 Å². The smallest absolute Gasteiger partial charge is 0.220 e. The second kappa shape index (κ2) is 8.92. The van der Waals surface area contributed by atoms with E-state index in [-0.39, 0.29) is 5.91 Å². The Morgan fingerprint density at radius 1 is 1.41 bits per heavy atom. The number of hydrogen-bond acceptors (Lipinski definition) is 2. The minimum atomic E-state index is 0.217. The Labute approximate surface area is 113 Å². The summed E-state index contributed by atoms with van der Waals surface area (Å²) < 4.78 is 5.02. The molecule has 0 bridgehead atoms. The second-order valence-corrected chi connectivity index (χ2v) is 6.19. The average Bonchev–Trinajstić information content (AvgIpc) is 2.30. The standard InChI is InChI=1S/C13H24BrNO2/c1-17-10-12(14)7-8-15-13(16)9-11-5-3-2-4-6-11/h11-12H,2-10H2,1H3,(H,15,16). The molecule has 1 fully saturated rings. The summed E-state index contributed by atoms with van der Waals surface area (Å²) in [5.74, 6) is 0.844. The Hall–Kier alpha value is -0.0900. The zero-order valence-electron chi connectivity index (χ0n) is 10.7. The molecule has 1 unspecified atom stereocenters. The van der Waals surface area contributed by atoms with Gasteiger partial charge in [0.25, 0.3) is 0 Å². The summed E-state index contributed by atoms with van der Waals surface area (Å²) >= 11 is 3.51. The molecule has 3 nitrogen and oxygen atoms in total. The predicted octanol–water partition coefficient (Wildman–Crippen LogP) is 2.87. The lowest BCUT2D eigenvalue weighted by Gasteiger charge is -2.20. The molecule has 0 heterocycles. The maximum Gasteiger partial charge on any atom is 0.220 e. The van der Waals surface area contributed by atoms with E-state index in [9.17, 15) is 4.79 Å². The molecule has 17 heavy (non-hydrogen) atoms. The molecule has 0 spiro atoms. The van der Waals surface area contributed by atoms with Gasteiger partial charge in [-0.1, -0.05) is 35.2 Å². The molecule has 0 saturated heterocycles. The third-order valence-corrected chi connectivity index (χ3v) is 4.05. The number of amides is 1. The molecule has 100 valence electrons. The lowest BCUT2D eigenvalue weighted by Crippen LogP contribution is -2.29. The normalized spacial score (nSPS) is 18.9. The summed E-state index contributed by atoms with van der Waals surface area (Å²) in [6, 6.07) is 0. The maximum atomic E-state index is 11.7. The zero-order chi connectivity index (χ0) is 12.5. The highest BCUT2D eigenvalue weighted by atomic mass is 79.9. The van der Waals surface area contributed by atoms with Gasteiger partial charge in [-0.3, -0.25) is 4.79 Å². The molecule has 1 atom stereocenters. The van der Waals surface area contributed by atoms with Crippen LogP contribution in [0.15, 0.2) is 0 Å². The fourth-order valence-corrected chi connectivity index (χ4v) is 2.85. The van der Waals surface area contributed by atoms with Gasteiger partial charge in [-0.05, 0) is 25.2 Å². The van der Waals surface area contributed by atoms with Gasteiger partial charge in [0.05, 0.1) is 6.61 Å². The van der Waals surface area contributed by atoms with E-state index < -0.39 is 0 Å². The van der Waals surface area contributed by atoms with Gasteiger partial charge in [-0.25, -0.2) is 0 Å². The number of nitrogens with one attached hydrogen (secondary N) is 1. The van der Waals surface area contributed by atoms with Crippen LogP contribution in [0.1, 0.15) is 44.9 Å². The number of alkyl halides is 1. The van der Waals surface area contributed by atoms with E-state index >= 15 is 0 Å². The van der Waals surface area contributed by atoms with E-state index in [1.165, 1.54) is 32.1 Å². The molecule has 4 heteroatoms. The molecule has 1 aliphatic rings. The van der Waals surface area contributed by atoms with Crippen molar-refractivity contribution < 1.29 is 9.53 Å². The maximum absolute atomic E-state index is 11.7. The fourth-order valence-electron chi connectivity index (χ4n) is 2.36. The Balaban J connectivity index is 2.04. The third-order valence-electron chi connectivity index (χ3n) is 3.33. The molecule has 1 aliphatic carbocycles. The van der Waals surface area contributed by atoms with Crippen LogP contribution in [-0.4, -0.2) is 31.0 Å². The van der Waals surface area contributed by atoms with Crippen LogP contribution in [0.25, 0.3) is 0 Å². The van der Waals surface area contributed by atoms with E-state index in [1.807, 2.05) is 0 Å². The van der Waals surface area contributed by atoms with Crippen LogP contribution in [0.5, 0.6) is 0 Å². The largest absolute Gasteiger partial charge is 0.384 e. The average molecular weight is 306 g/mol. The highest BCUT2D eigenvalue weighted by Gasteiger charge is 2.16. The van der Waals surface area contributed by atoms with Gasteiger partial charge in [0.2, 0.25) is 5.91 Å². The zero-order valence-corrected chi connectivity index (χ0v) is 12.3. The summed E-state index contributed by atoms with van der Waals surface area (Å²) in [5.41, 5.74) is 0. The highest BCUT2D eigenvalue weighted by molar-refractivity contribution is 9.09. The number of halogens is 1. The van der Waals surface area contributed by atoms with Crippen LogP contribution >= 0.6 is 15.9 Å². The lowest BCUT2D eigenvalue weighted by atomic mass is 9.87. The van der Waals surface area contributed by atoms with Gasteiger partial charge < -0.3 is 10.1 Å². The molecule has 0 aromatic carbocycles. The van der Waals surface area contributed by atoms with E-state index in [2.05, 4.69) is 21.2 Å². The van der Waals surface area contributed by atoms with E-state index in [1.54, 1.807) is 7.11 Å². The summed E-state index contributed by atoms with van der Waals surface area (Å²) in [6.45, 7) is 1.43. The Kier molecular flexibility index (Phi) is 7.86. The first-order chi connectivity index (χ1) is 8.22. The quantitative estimate of drug-likeness (QED) is 0.735. The monoisotopic (exact) mass is 305 g/mol. The SMILES string of the molecule is COCC(Br)CCNC(=O)CC1CCCCC1. The van der Waals surface area contributed by atoms with Crippen molar-refractivity contribution in [3.63, 3.8) is 0 Å². The van der Waals surface area contributed by atoms with Crippen molar-refractivity contribution in [1.82, 2.24) is 5.32 Å². The Bertz CT molecular complexity index is 217. The van der Waals surface area contributed by atoms with Crippen LogP contribution in [0.3, 0.4) is 0 Å². The summed E-state index contributed by atoms with van der Waals surface area (Å²) in [7, 11) is 1.69. The topological polar surface area (TPSA) is 38.3 Å². The first kappa shape index (κ1) is 15.0. The molecule has 1 rings (SSSR count). The Morgan fingerprint density at radius 3 is 2.76 bits per heavy atom. The Morgan fingerprint density at radius 2 is 2.12 bits per heavy atom. The number of rotatable bonds is 7.